The molecule has 6 nitrogen and oxygen atoms in total. The van der Waals surface area contributed by atoms with Crippen LogP contribution in [0.5, 0.6) is 0 Å². The summed E-state index contributed by atoms with van der Waals surface area (Å²) < 4.78 is 1.91. The molecule has 1 aromatic heterocycles. The molecular weight excluding hydrogens is 342 g/mol. The van der Waals surface area contributed by atoms with Gasteiger partial charge in [-0.15, -0.1) is 0 Å². The van der Waals surface area contributed by atoms with Gasteiger partial charge in [-0.25, -0.2) is 4.98 Å². The van der Waals surface area contributed by atoms with Crippen LogP contribution in [0, 0.1) is 5.41 Å². The van der Waals surface area contributed by atoms with Crippen molar-refractivity contribution in [2.45, 2.75) is 57.9 Å². The first kappa shape index (κ1) is 19.1. The number of aliphatic carboxylic acids is 1. The van der Waals surface area contributed by atoms with E-state index in [1.165, 1.54) is 0 Å². The van der Waals surface area contributed by atoms with Crippen molar-refractivity contribution >= 4 is 11.9 Å². The zero-order chi connectivity index (χ0) is 19.3. The van der Waals surface area contributed by atoms with Crippen molar-refractivity contribution in [3.63, 3.8) is 0 Å². The van der Waals surface area contributed by atoms with Gasteiger partial charge in [0.15, 0.2) is 0 Å². The number of carbonyl (C=O) groups excluding carboxylic acids is 1. The largest absolute Gasteiger partial charge is 0.481 e. The van der Waals surface area contributed by atoms with Gasteiger partial charge in [0.05, 0.1) is 17.8 Å². The highest BCUT2D eigenvalue weighted by Crippen LogP contribution is 2.38. The van der Waals surface area contributed by atoms with Crippen molar-refractivity contribution in [3.05, 3.63) is 48.5 Å². The van der Waals surface area contributed by atoms with Crippen LogP contribution in [0.3, 0.4) is 0 Å². The molecule has 3 rings (SSSR count). The Morgan fingerprint density at radius 2 is 1.85 bits per heavy atom. The second-order valence-electron chi connectivity index (χ2n) is 7.53. The number of aromatic nitrogens is 2. The SMILES string of the molecule is C[C@H](NC(=O)CC1(C(=O)O)CCCCCC1)c1ccc(-n2ccnc2)cc1. The summed E-state index contributed by atoms with van der Waals surface area (Å²) in [6.45, 7) is 1.92. The maximum Gasteiger partial charge on any atom is 0.310 e. The van der Waals surface area contributed by atoms with Gasteiger partial charge in [0.2, 0.25) is 5.91 Å². The Kier molecular flexibility index (Phi) is 5.94. The summed E-state index contributed by atoms with van der Waals surface area (Å²) in [4.78, 5) is 28.5. The summed E-state index contributed by atoms with van der Waals surface area (Å²) in [6.07, 6.45) is 10.4. The number of carboxylic acid groups (broad SMARTS) is 1. The van der Waals surface area contributed by atoms with Crippen LogP contribution in [-0.4, -0.2) is 26.5 Å². The zero-order valence-electron chi connectivity index (χ0n) is 15.7. The third-order valence-corrected chi connectivity index (χ3v) is 5.59. The highest BCUT2D eigenvalue weighted by molar-refractivity contribution is 5.85. The first-order valence-electron chi connectivity index (χ1n) is 9.61. The molecule has 6 heteroatoms. The second kappa shape index (κ2) is 8.37. The summed E-state index contributed by atoms with van der Waals surface area (Å²) >= 11 is 0. The standard InChI is InChI=1S/C21H27N3O3/c1-16(17-6-8-18(9-7-17)24-13-12-22-15-24)23-19(25)14-21(20(26)27)10-4-2-3-5-11-21/h6-9,12-13,15-16H,2-5,10-11,14H2,1H3,(H,23,25)(H,26,27)/t16-/m0/s1. The lowest BCUT2D eigenvalue weighted by Gasteiger charge is -2.28. The number of carboxylic acids is 1. The Labute approximate surface area is 159 Å². The molecular formula is C21H27N3O3. The molecule has 0 bridgehead atoms. The van der Waals surface area contributed by atoms with Crippen molar-refractivity contribution in [1.29, 1.82) is 0 Å². The number of hydrogen-bond acceptors (Lipinski definition) is 3. The van der Waals surface area contributed by atoms with E-state index in [0.29, 0.717) is 12.8 Å². The molecule has 1 saturated carbocycles. The average Bonchev–Trinajstić information content (AvgIpc) is 3.08. The summed E-state index contributed by atoms with van der Waals surface area (Å²) in [6, 6.07) is 7.72. The normalized spacial score (nSPS) is 17.7. The Hall–Kier alpha value is -2.63. The van der Waals surface area contributed by atoms with E-state index in [1.54, 1.807) is 12.5 Å². The van der Waals surface area contributed by atoms with E-state index < -0.39 is 11.4 Å². The fourth-order valence-electron chi connectivity index (χ4n) is 3.90. The van der Waals surface area contributed by atoms with Crippen LogP contribution in [0.2, 0.25) is 0 Å². The maximum atomic E-state index is 12.6. The van der Waals surface area contributed by atoms with Crippen LogP contribution < -0.4 is 5.32 Å². The molecule has 1 amide bonds. The summed E-state index contributed by atoms with van der Waals surface area (Å²) in [7, 11) is 0. The minimum absolute atomic E-state index is 0.0554. The topological polar surface area (TPSA) is 84.2 Å². The molecule has 1 aliphatic carbocycles. The Balaban J connectivity index is 1.63. The van der Waals surface area contributed by atoms with Crippen molar-refractivity contribution in [1.82, 2.24) is 14.9 Å². The lowest BCUT2D eigenvalue weighted by Crippen LogP contribution is -2.38. The van der Waals surface area contributed by atoms with Gasteiger partial charge in [-0.3, -0.25) is 9.59 Å². The maximum absolute atomic E-state index is 12.6. The van der Waals surface area contributed by atoms with Gasteiger partial charge in [-0.2, -0.15) is 0 Å². The minimum atomic E-state index is -0.911. The number of nitrogens with one attached hydrogen (secondary N) is 1. The van der Waals surface area contributed by atoms with Crippen LogP contribution in [-0.2, 0) is 9.59 Å². The summed E-state index contributed by atoms with van der Waals surface area (Å²) in [5.41, 5.74) is 1.07. The Morgan fingerprint density at radius 1 is 1.19 bits per heavy atom. The highest BCUT2D eigenvalue weighted by atomic mass is 16.4. The highest BCUT2D eigenvalue weighted by Gasteiger charge is 2.40. The van der Waals surface area contributed by atoms with Gasteiger partial charge < -0.3 is 15.0 Å². The lowest BCUT2D eigenvalue weighted by atomic mass is 9.77. The van der Waals surface area contributed by atoms with Gasteiger partial charge >= 0.3 is 5.97 Å². The number of benzene rings is 1. The first-order chi connectivity index (χ1) is 13.0. The van der Waals surface area contributed by atoms with E-state index >= 15 is 0 Å². The second-order valence-corrected chi connectivity index (χ2v) is 7.53. The minimum Gasteiger partial charge on any atom is -0.481 e. The number of rotatable bonds is 6. The van der Waals surface area contributed by atoms with Crippen LogP contribution in [0.25, 0.3) is 5.69 Å². The van der Waals surface area contributed by atoms with Crippen LogP contribution in [0.1, 0.15) is 63.5 Å². The van der Waals surface area contributed by atoms with E-state index in [9.17, 15) is 14.7 Å². The molecule has 1 aromatic carbocycles. The third kappa shape index (κ3) is 4.56. The fraction of sp³-hybridized carbons (Fsp3) is 0.476. The van der Waals surface area contributed by atoms with Gasteiger partial charge in [-0.05, 0) is 37.5 Å². The van der Waals surface area contributed by atoms with Crippen LogP contribution in [0.15, 0.2) is 43.0 Å². The van der Waals surface area contributed by atoms with Gasteiger partial charge in [0, 0.05) is 24.5 Å². The summed E-state index contributed by atoms with van der Waals surface area (Å²) in [5.74, 6) is -1.03. The van der Waals surface area contributed by atoms with E-state index in [-0.39, 0.29) is 18.4 Å². The van der Waals surface area contributed by atoms with E-state index in [4.69, 9.17) is 0 Å². The van der Waals surface area contributed by atoms with Crippen molar-refractivity contribution in [2.75, 3.05) is 0 Å². The van der Waals surface area contributed by atoms with E-state index in [0.717, 1.165) is 36.9 Å². The molecule has 0 saturated heterocycles. The molecule has 1 aliphatic rings. The van der Waals surface area contributed by atoms with Crippen LogP contribution in [0.4, 0.5) is 0 Å². The first-order valence-corrected chi connectivity index (χ1v) is 9.61. The van der Waals surface area contributed by atoms with Crippen molar-refractivity contribution < 1.29 is 14.7 Å². The molecule has 0 spiro atoms. The van der Waals surface area contributed by atoms with Gasteiger partial charge in [-0.1, -0.05) is 37.8 Å². The number of carbonyl (C=O) groups is 2. The predicted molar refractivity (Wildman–Crippen MR) is 103 cm³/mol. The Bertz CT molecular complexity index is 760. The van der Waals surface area contributed by atoms with Crippen molar-refractivity contribution in [2.24, 2.45) is 5.41 Å². The summed E-state index contributed by atoms with van der Waals surface area (Å²) in [5, 5.41) is 12.7. The number of amides is 1. The average molecular weight is 369 g/mol. The van der Waals surface area contributed by atoms with Gasteiger partial charge in [0.25, 0.3) is 0 Å². The molecule has 1 fully saturated rings. The third-order valence-electron chi connectivity index (χ3n) is 5.59. The lowest BCUT2D eigenvalue weighted by molar-refractivity contribution is -0.153. The zero-order valence-corrected chi connectivity index (χ0v) is 15.7. The molecule has 27 heavy (non-hydrogen) atoms. The molecule has 2 N–H and O–H groups in total. The number of hydrogen-bond donors (Lipinski definition) is 2. The number of nitrogens with zero attached hydrogens (tertiary/aromatic N) is 2. The monoisotopic (exact) mass is 369 g/mol. The molecule has 1 atom stereocenters. The van der Waals surface area contributed by atoms with E-state index in [1.807, 2.05) is 42.0 Å². The molecule has 2 aromatic rings. The van der Waals surface area contributed by atoms with E-state index in [2.05, 4.69) is 10.3 Å². The molecule has 0 unspecified atom stereocenters. The predicted octanol–water partition coefficient (Wildman–Crippen LogP) is 3.86. The molecule has 144 valence electrons. The fourth-order valence-corrected chi connectivity index (χ4v) is 3.90. The molecule has 1 heterocycles. The smallest absolute Gasteiger partial charge is 0.310 e. The van der Waals surface area contributed by atoms with Gasteiger partial charge in [0.1, 0.15) is 0 Å². The molecule has 0 radical (unpaired) electrons. The van der Waals surface area contributed by atoms with Crippen molar-refractivity contribution in [3.8, 4) is 5.69 Å². The quantitative estimate of drug-likeness (QED) is 0.757. The Morgan fingerprint density at radius 3 is 2.41 bits per heavy atom. The van der Waals surface area contributed by atoms with Crippen LogP contribution >= 0.6 is 0 Å². The number of imidazole rings is 1. The molecule has 0 aliphatic heterocycles.